The highest BCUT2D eigenvalue weighted by Gasteiger charge is 2.41. The SMILES string of the molecule is O=C(ON1C(=O)c2ccccc2C1=O)C1=NC=CN2CCS(=O)(=O)N=C12. The fourth-order valence-corrected chi connectivity index (χ4v) is 3.61. The molecule has 0 N–H and O–H groups in total. The number of hydrogen-bond acceptors (Lipinski definition) is 8. The topological polar surface area (TPSA) is 126 Å². The number of hydrogen-bond donors (Lipinski definition) is 0. The van der Waals surface area contributed by atoms with Crippen molar-refractivity contribution in [3.63, 3.8) is 0 Å². The van der Waals surface area contributed by atoms with Crippen LogP contribution in [0.1, 0.15) is 20.7 Å². The van der Waals surface area contributed by atoms with Gasteiger partial charge in [-0.15, -0.1) is 4.40 Å². The van der Waals surface area contributed by atoms with E-state index in [9.17, 15) is 22.8 Å². The number of aliphatic imine (C=N–C) groups is 1. The number of nitrogens with zero attached hydrogens (tertiary/aromatic N) is 4. The van der Waals surface area contributed by atoms with Gasteiger partial charge in [-0.3, -0.25) is 9.59 Å². The molecule has 3 heterocycles. The number of carbonyl (C=O) groups excluding carboxylic acids is 3. The molecule has 132 valence electrons. The average Bonchev–Trinajstić information content (AvgIpc) is 2.86. The average molecular weight is 374 g/mol. The predicted molar refractivity (Wildman–Crippen MR) is 87.5 cm³/mol. The maximum absolute atomic E-state index is 12.4. The summed E-state index contributed by atoms with van der Waals surface area (Å²) in [5, 5.41) is 0.329. The van der Waals surface area contributed by atoms with Crippen molar-refractivity contribution >= 4 is 39.4 Å². The lowest BCUT2D eigenvalue weighted by Gasteiger charge is -2.27. The van der Waals surface area contributed by atoms with Gasteiger partial charge in [0, 0.05) is 18.9 Å². The zero-order valence-corrected chi connectivity index (χ0v) is 13.8. The number of imide groups is 1. The van der Waals surface area contributed by atoms with Gasteiger partial charge in [0.15, 0.2) is 11.5 Å². The van der Waals surface area contributed by atoms with E-state index in [1.807, 2.05) is 0 Å². The van der Waals surface area contributed by atoms with E-state index in [1.165, 1.54) is 29.4 Å². The second-order valence-corrected chi connectivity index (χ2v) is 7.25. The summed E-state index contributed by atoms with van der Waals surface area (Å²) in [6.45, 7) is 0.0942. The maximum Gasteiger partial charge on any atom is 0.386 e. The highest BCUT2D eigenvalue weighted by atomic mass is 32.2. The quantitative estimate of drug-likeness (QED) is 0.651. The summed E-state index contributed by atoms with van der Waals surface area (Å²) in [6.07, 6.45) is 2.74. The van der Waals surface area contributed by atoms with Crippen LogP contribution in [0.5, 0.6) is 0 Å². The Morgan fingerprint density at radius 3 is 2.42 bits per heavy atom. The van der Waals surface area contributed by atoms with E-state index < -0.39 is 33.5 Å². The van der Waals surface area contributed by atoms with Crippen molar-refractivity contribution in [3.8, 4) is 0 Å². The highest BCUT2D eigenvalue weighted by Crippen LogP contribution is 2.23. The third-order valence-corrected chi connectivity index (χ3v) is 5.02. The van der Waals surface area contributed by atoms with Crippen molar-refractivity contribution in [3.05, 3.63) is 47.8 Å². The van der Waals surface area contributed by atoms with Gasteiger partial charge in [0.2, 0.25) is 0 Å². The Labute approximate surface area is 147 Å². The molecule has 0 fully saturated rings. The van der Waals surface area contributed by atoms with Gasteiger partial charge in [0.05, 0.1) is 16.9 Å². The molecule has 10 nitrogen and oxygen atoms in total. The standard InChI is InChI=1S/C15H10N4O6S/c20-13-9-3-1-2-4-10(9)14(21)19(13)25-15(22)11-12-17-26(23,24)8-7-18(12)6-5-16-11/h1-6H,7-8H2. The van der Waals surface area contributed by atoms with Crippen LogP contribution >= 0.6 is 0 Å². The molecule has 1 aromatic rings. The minimum Gasteiger partial charge on any atom is -0.328 e. The number of fused-ring (bicyclic) bond motifs is 2. The normalized spacial score (nSPS) is 20.3. The molecule has 0 aromatic heterocycles. The van der Waals surface area contributed by atoms with Gasteiger partial charge in [-0.1, -0.05) is 17.2 Å². The van der Waals surface area contributed by atoms with E-state index in [4.69, 9.17) is 4.84 Å². The van der Waals surface area contributed by atoms with Crippen molar-refractivity contribution in [2.45, 2.75) is 0 Å². The van der Waals surface area contributed by atoms with Gasteiger partial charge in [-0.2, -0.15) is 0 Å². The van der Waals surface area contributed by atoms with Crippen LogP contribution in [-0.2, 0) is 19.7 Å². The van der Waals surface area contributed by atoms with Crippen LogP contribution in [0.15, 0.2) is 46.1 Å². The Bertz CT molecular complexity index is 1020. The Kier molecular flexibility index (Phi) is 3.47. The van der Waals surface area contributed by atoms with E-state index in [1.54, 1.807) is 12.1 Å². The summed E-state index contributed by atoms with van der Waals surface area (Å²) < 4.78 is 26.9. The molecule has 3 aliphatic heterocycles. The van der Waals surface area contributed by atoms with Gasteiger partial charge < -0.3 is 9.74 Å². The fraction of sp³-hybridized carbons (Fsp3) is 0.133. The summed E-state index contributed by atoms with van der Waals surface area (Å²) in [7, 11) is -3.74. The van der Waals surface area contributed by atoms with Gasteiger partial charge >= 0.3 is 5.97 Å². The minimum atomic E-state index is -3.74. The van der Waals surface area contributed by atoms with Gasteiger partial charge in [-0.25, -0.2) is 18.2 Å². The van der Waals surface area contributed by atoms with E-state index in [2.05, 4.69) is 9.39 Å². The molecule has 4 rings (SSSR count). The number of carbonyl (C=O) groups is 3. The molecule has 0 aliphatic carbocycles. The molecule has 0 saturated heterocycles. The van der Waals surface area contributed by atoms with Crippen LogP contribution in [-0.4, -0.2) is 60.0 Å². The van der Waals surface area contributed by atoms with Crippen LogP contribution in [0, 0.1) is 0 Å². The third kappa shape index (κ3) is 2.49. The molecular formula is C15H10N4O6S. The van der Waals surface area contributed by atoms with Gasteiger partial charge in [0.25, 0.3) is 21.8 Å². The molecule has 3 aliphatic rings. The lowest BCUT2D eigenvalue weighted by Crippen LogP contribution is -2.46. The molecule has 0 bridgehead atoms. The lowest BCUT2D eigenvalue weighted by molar-refractivity contribution is -0.159. The second-order valence-electron chi connectivity index (χ2n) is 5.50. The predicted octanol–water partition coefficient (Wildman–Crippen LogP) is -0.289. The van der Waals surface area contributed by atoms with Gasteiger partial charge in [-0.05, 0) is 12.1 Å². The van der Waals surface area contributed by atoms with E-state index in [-0.39, 0.29) is 29.3 Å². The van der Waals surface area contributed by atoms with Crippen molar-refractivity contribution in [2.24, 2.45) is 9.39 Å². The Morgan fingerprint density at radius 1 is 1.12 bits per heavy atom. The van der Waals surface area contributed by atoms with Crippen molar-refractivity contribution in [1.82, 2.24) is 9.96 Å². The molecule has 0 radical (unpaired) electrons. The highest BCUT2D eigenvalue weighted by molar-refractivity contribution is 7.90. The summed E-state index contributed by atoms with van der Waals surface area (Å²) in [4.78, 5) is 47.0. The molecule has 26 heavy (non-hydrogen) atoms. The van der Waals surface area contributed by atoms with Crippen LogP contribution in [0.3, 0.4) is 0 Å². The Morgan fingerprint density at radius 2 is 1.77 bits per heavy atom. The number of amides is 2. The van der Waals surface area contributed by atoms with Crippen LogP contribution in [0.2, 0.25) is 0 Å². The molecule has 0 atom stereocenters. The molecular weight excluding hydrogens is 364 g/mol. The van der Waals surface area contributed by atoms with Crippen LogP contribution < -0.4 is 0 Å². The molecule has 2 amide bonds. The first kappa shape index (κ1) is 16.1. The second kappa shape index (κ2) is 5.59. The molecule has 1 aromatic carbocycles. The largest absolute Gasteiger partial charge is 0.386 e. The van der Waals surface area contributed by atoms with Crippen molar-refractivity contribution < 1.29 is 27.6 Å². The van der Waals surface area contributed by atoms with Crippen molar-refractivity contribution in [2.75, 3.05) is 12.3 Å². The molecule has 0 saturated carbocycles. The first-order valence-corrected chi connectivity index (χ1v) is 9.02. The Balaban J connectivity index is 1.62. The van der Waals surface area contributed by atoms with E-state index in [0.717, 1.165) is 0 Å². The number of hydroxylamine groups is 2. The van der Waals surface area contributed by atoms with Crippen LogP contribution in [0.25, 0.3) is 0 Å². The zero-order chi connectivity index (χ0) is 18.5. The summed E-state index contributed by atoms with van der Waals surface area (Å²) in [6, 6.07) is 6.02. The Hall–Kier alpha value is -3.34. The smallest absolute Gasteiger partial charge is 0.328 e. The van der Waals surface area contributed by atoms with E-state index in [0.29, 0.717) is 5.06 Å². The van der Waals surface area contributed by atoms with Gasteiger partial charge in [0.1, 0.15) is 0 Å². The first-order chi connectivity index (χ1) is 12.4. The first-order valence-electron chi connectivity index (χ1n) is 7.41. The number of rotatable bonds is 2. The number of sulfonamides is 1. The number of amidine groups is 1. The lowest BCUT2D eigenvalue weighted by atomic mass is 10.1. The molecule has 0 unspecified atom stereocenters. The summed E-state index contributed by atoms with van der Waals surface area (Å²) >= 11 is 0. The third-order valence-electron chi connectivity index (χ3n) is 3.87. The van der Waals surface area contributed by atoms with E-state index >= 15 is 0 Å². The zero-order valence-electron chi connectivity index (χ0n) is 13.0. The monoisotopic (exact) mass is 374 g/mol. The molecule has 11 heteroatoms. The maximum atomic E-state index is 12.4. The minimum absolute atomic E-state index is 0.0942. The number of benzene rings is 1. The van der Waals surface area contributed by atoms with Crippen molar-refractivity contribution in [1.29, 1.82) is 0 Å². The molecule has 0 spiro atoms. The van der Waals surface area contributed by atoms with Crippen LogP contribution in [0.4, 0.5) is 0 Å². The summed E-state index contributed by atoms with van der Waals surface area (Å²) in [5.74, 6) is -3.16. The fourth-order valence-electron chi connectivity index (χ4n) is 2.64. The summed E-state index contributed by atoms with van der Waals surface area (Å²) in [5.41, 5.74) is -0.197.